The smallest absolute Gasteiger partial charge is 0.323 e. The third-order valence-electron chi connectivity index (χ3n) is 2.99. The van der Waals surface area contributed by atoms with Gasteiger partial charge in [-0.25, -0.2) is 4.85 Å². The van der Waals surface area contributed by atoms with Gasteiger partial charge < -0.3 is 14.9 Å². The van der Waals surface area contributed by atoms with Gasteiger partial charge in [-0.05, 0) is 12.1 Å². The number of carboxylic acid groups (broad SMARTS) is 1. The van der Waals surface area contributed by atoms with Gasteiger partial charge in [0.05, 0.1) is 13.1 Å². The molecule has 0 spiro atoms. The molecular formula is C13H13N3O3. The first-order valence-corrected chi connectivity index (χ1v) is 5.82. The molecule has 0 saturated carbocycles. The van der Waals surface area contributed by atoms with E-state index in [1.807, 2.05) is 4.90 Å². The fourth-order valence-corrected chi connectivity index (χ4v) is 2.00. The zero-order valence-corrected chi connectivity index (χ0v) is 10.2. The Morgan fingerprint density at radius 2 is 2.00 bits per heavy atom. The molecule has 1 fully saturated rings. The van der Waals surface area contributed by atoms with Gasteiger partial charge in [-0.3, -0.25) is 9.59 Å². The van der Waals surface area contributed by atoms with Gasteiger partial charge in [0.2, 0.25) is 5.91 Å². The van der Waals surface area contributed by atoms with Gasteiger partial charge in [-0.15, -0.1) is 0 Å². The molecule has 1 aliphatic rings. The Morgan fingerprint density at radius 1 is 1.32 bits per heavy atom. The number of carboxylic acids is 1. The van der Waals surface area contributed by atoms with Crippen LogP contribution in [0.3, 0.4) is 0 Å². The molecule has 6 heteroatoms. The number of rotatable bonds is 3. The van der Waals surface area contributed by atoms with Crippen LogP contribution in [-0.2, 0) is 9.59 Å². The molecule has 1 heterocycles. The van der Waals surface area contributed by atoms with E-state index >= 15 is 0 Å². The molecule has 1 saturated heterocycles. The predicted molar refractivity (Wildman–Crippen MR) is 69.1 cm³/mol. The standard InChI is InChI=1S/C13H13N3O3/c1-14-10-2-4-11(5-3-10)15-6-7-16(9-13(18)19)12(17)8-15/h2-5H,6-9H2,(H,18,19). The second-order valence-corrected chi connectivity index (χ2v) is 4.26. The second-order valence-electron chi connectivity index (χ2n) is 4.26. The summed E-state index contributed by atoms with van der Waals surface area (Å²) < 4.78 is 0. The summed E-state index contributed by atoms with van der Waals surface area (Å²) in [5, 5.41) is 8.69. The average molecular weight is 259 g/mol. The number of aliphatic carboxylic acids is 1. The Balaban J connectivity index is 2.03. The van der Waals surface area contributed by atoms with Crippen LogP contribution < -0.4 is 4.90 Å². The van der Waals surface area contributed by atoms with E-state index in [4.69, 9.17) is 11.7 Å². The van der Waals surface area contributed by atoms with Crippen LogP contribution in [-0.4, -0.2) is 48.1 Å². The Bertz CT molecular complexity index is 533. The summed E-state index contributed by atoms with van der Waals surface area (Å²) >= 11 is 0. The van der Waals surface area contributed by atoms with E-state index in [1.54, 1.807) is 24.3 Å². The third kappa shape index (κ3) is 3.01. The van der Waals surface area contributed by atoms with Crippen molar-refractivity contribution in [2.24, 2.45) is 0 Å². The van der Waals surface area contributed by atoms with Crippen molar-refractivity contribution in [2.75, 3.05) is 31.1 Å². The zero-order chi connectivity index (χ0) is 13.8. The summed E-state index contributed by atoms with van der Waals surface area (Å²) in [7, 11) is 0. The summed E-state index contributed by atoms with van der Waals surface area (Å²) in [5.41, 5.74) is 1.43. The molecule has 98 valence electrons. The molecule has 6 nitrogen and oxygen atoms in total. The minimum absolute atomic E-state index is 0.171. The van der Waals surface area contributed by atoms with Crippen LogP contribution in [0.2, 0.25) is 0 Å². The van der Waals surface area contributed by atoms with Crippen LogP contribution in [0.1, 0.15) is 0 Å². The maximum atomic E-state index is 11.8. The first-order chi connectivity index (χ1) is 9.10. The van der Waals surface area contributed by atoms with E-state index in [0.29, 0.717) is 18.8 Å². The van der Waals surface area contributed by atoms with Gasteiger partial charge in [0, 0.05) is 18.8 Å². The molecular weight excluding hydrogens is 246 g/mol. The Hall–Kier alpha value is -2.55. The minimum atomic E-state index is -0.997. The highest BCUT2D eigenvalue weighted by molar-refractivity contribution is 5.86. The molecule has 1 aliphatic heterocycles. The number of piperazine rings is 1. The molecule has 0 aliphatic carbocycles. The van der Waals surface area contributed by atoms with E-state index in [0.717, 1.165) is 5.69 Å². The number of benzene rings is 1. The lowest BCUT2D eigenvalue weighted by atomic mass is 10.2. The summed E-state index contributed by atoms with van der Waals surface area (Å²) in [5.74, 6) is -1.19. The van der Waals surface area contributed by atoms with Crippen LogP contribution in [0.5, 0.6) is 0 Å². The minimum Gasteiger partial charge on any atom is -0.480 e. The molecule has 1 aromatic carbocycles. The topological polar surface area (TPSA) is 65.2 Å². The summed E-state index contributed by atoms with van der Waals surface area (Å²) in [6.07, 6.45) is 0. The van der Waals surface area contributed by atoms with Crippen LogP contribution in [0.4, 0.5) is 11.4 Å². The van der Waals surface area contributed by atoms with Crippen LogP contribution in [0.25, 0.3) is 4.85 Å². The van der Waals surface area contributed by atoms with Crippen LogP contribution in [0, 0.1) is 6.57 Å². The lowest BCUT2D eigenvalue weighted by Crippen LogP contribution is -2.51. The average Bonchev–Trinajstić information content (AvgIpc) is 2.41. The van der Waals surface area contributed by atoms with Crippen molar-refractivity contribution in [1.29, 1.82) is 0 Å². The van der Waals surface area contributed by atoms with Crippen LogP contribution >= 0.6 is 0 Å². The number of carbonyl (C=O) groups is 2. The summed E-state index contributed by atoms with van der Waals surface area (Å²) in [4.78, 5) is 28.9. The largest absolute Gasteiger partial charge is 0.480 e. The summed E-state index contributed by atoms with van der Waals surface area (Å²) in [6.45, 7) is 7.79. The highest BCUT2D eigenvalue weighted by Gasteiger charge is 2.25. The zero-order valence-electron chi connectivity index (χ0n) is 10.2. The molecule has 1 N–H and O–H groups in total. The van der Waals surface area contributed by atoms with Crippen molar-refractivity contribution in [3.05, 3.63) is 35.7 Å². The SMILES string of the molecule is [C-]#[N+]c1ccc(N2CCN(CC(=O)O)C(=O)C2)cc1. The number of carbonyl (C=O) groups excluding carboxylic acids is 1. The Labute approximate surface area is 110 Å². The predicted octanol–water partition coefficient (Wildman–Crippen LogP) is 0.971. The molecule has 1 amide bonds. The van der Waals surface area contributed by atoms with Crippen molar-refractivity contribution in [2.45, 2.75) is 0 Å². The maximum absolute atomic E-state index is 11.8. The third-order valence-corrected chi connectivity index (χ3v) is 2.99. The van der Waals surface area contributed by atoms with Crippen molar-refractivity contribution >= 4 is 23.3 Å². The van der Waals surface area contributed by atoms with Gasteiger partial charge in [0.1, 0.15) is 6.54 Å². The number of hydrogen-bond donors (Lipinski definition) is 1. The Kier molecular flexibility index (Phi) is 3.66. The monoisotopic (exact) mass is 259 g/mol. The molecule has 0 radical (unpaired) electrons. The van der Waals surface area contributed by atoms with Gasteiger partial charge >= 0.3 is 5.97 Å². The lowest BCUT2D eigenvalue weighted by molar-refractivity contribution is -0.144. The highest BCUT2D eigenvalue weighted by Crippen LogP contribution is 2.21. The fourth-order valence-electron chi connectivity index (χ4n) is 2.00. The normalized spacial score (nSPS) is 15.2. The molecule has 0 bridgehead atoms. The number of nitrogens with zero attached hydrogens (tertiary/aromatic N) is 3. The molecule has 0 aromatic heterocycles. The number of hydrogen-bond acceptors (Lipinski definition) is 3. The lowest BCUT2D eigenvalue weighted by Gasteiger charge is -2.34. The van der Waals surface area contributed by atoms with Crippen molar-refractivity contribution < 1.29 is 14.7 Å². The molecule has 1 aromatic rings. The quantitative estimate of drug-likeness (QED) is 0.821. The molecule has 0 atom stereocenters. The molecule has 2 rings (SSSR count). The number of amides is 1. The van der Waals surface area contributed by atoms with Gasteiger partial charge in [0.25, 0.3) is 0 Å². The van der Waals surface area contributed by atoms with E-state index in [9.17, 15) is 9.59 Å². The first kappa shape index (κ1) is 12.9. The molecule has 0 unspecified atom stereocenters. The number of anilines is 1. The van der Waals surface area contributed by atoms with Gasteiger partial charge in [-0.1, -0.05) is 12.1 Å². The van der Waals surface area contributed by atoms with Crippen molar-refractivity contribution in [3.8, 4) is 0 Å². The first-order valence-electron chi connectivity index (χ1n) is 5.82. The summed E-state index contributed by atoms with van der Waals surface area (Å²) in [6, 6.07) is 7.01. The van der Waals surface area contributed by atoms with E-state index in [2.05, 4.69) is 4.85 Å². The highest BCUT2D eigenvalue weighted by atomic mass is 16.4. The van der Waals surface area contributed by atoms with E-state index < -0.39 is 5.97 Å². The van der Waals surface area contributed by atoms with Crippen molar-refractivity contribution in [1.82, 2.24) is 4.90 Å². The maximum Gasteiger partial charge on any atom is 0.323 e. The Morgan fingerprint density at radius 3 is 2.53 bits per heavy atom. The van der Waals surface area contributed by atoms with Gasteiger partial charge in [-0.2, -0.15) is 0 Å². The van der Waals surface area contributed by atoms with Crippen molar-refractivity contribution in [3.63, 3.8) is 0 Å². The van der Waals surface area contributed by atoms with Gasteiger partial charge in [0.15, 0.2) is 5.69 Å². The van der Waals surface area contributed by atoms with Crippen LogP contribution in [0.15, 0.2) is 24.3 Å². The van der Waals surface area contributed by atoms with E-state index in [1.165, 1.54) is 4.90 Å². The van der Waals surface area contributed by atoms with E-state index in [-0.39, 0.29) is 19.0 Å². The second kappa shape index (κ2) is 5.40. The fraction of sp³-hybridized carbons (Fsp3) is 0.308. The molecule has 19 heavy (non-hydrogen) atoms.